The summed E-state index contributed by atoms with van der Waals surface area (Å²) in [6.07, 6.45) is 0. The number of carbonyl (C=O) groups excluding carboxylic acids is 6. The lowest BCUT2D eigenvalue weighted by atomic mass is 9.99. The zero-order chi connectivity index (χ0) is 40.8. The molecule has 0 bridgehead atoms. The molecule has 0 atom stereocenters. The molecule has 0 aliphatic carbocycles. The smallest absolute Gasteiger partial charge is 0.266 e. The van der Waals surface area contributed by atoms with Gasteiger partial charge < -0.3 is 20.1 Å². The number of rotatable bonds is 9. The van der Waals surface area contributed by atoms with Gasteiger partial charge in [0.1, 0.15) is 11.5 Å². The molecule has 0 saturated heterocycles. The molecule has 58 heavy (non-hydrogen) atoms. The van der Waals surface area contributed by atoms with Gasteiger partial charge in [0.25, 0.3) is 35.4 Å². The van der Waals surface area contributed by atoms with Gasteiger partial charge in [-0.2, -0.15) is 0 Å². The third-order valence-corrected chi connectivity index (χ3v) is 10.2. The van der Waals surface area contributed by atoms with Gasteiger partial charge in [0.2, 0.25) is 0 Å². The van der Waals surface area contributed by atoms with Crippen molar-refractivity contribution in [1.82, 2.24) is 0 Å². The number of anilines is 4. The molecular weight excluding hydrogens is 737 g/mol. The van der Waals surface area contributed by atoms with Crippen molar-refractivity contribution in [2.24, 2.45) is 0 Å². The van der Waals surface area contributed by atoms with Gasteiger partial charge in [0, 0.05) is 11.1 Å². The van der Waals surface area contributed by atoms with Crippen molar-refractivity contribution in [3.8, 4) is 22.6 Å². The molecule has 286 valence electrons. The second kappa shape index (κ2) is 14.7. The van der Waals surface area contributed by atoms with E-state index >= 15 is 0 Å². The topological polar surface area (TPSA) is 151 Å². The van der Waals surface area contributed by atoms with Crippen LogP contribution in [0.15, 0.2) is 121 Å². The molecule has 12 nitrogen and oxygen atoms in total. The Morgan fingerprint density at radius 2 is 0.845 bits per heavy atom. The fraction of sp³-hybridized carbons (Fsp3) is 0.0870. The quantitative estimate of drug-likeness (QED) is 0.140. The molecule has 0 spiro atoms. The summed E-state index contributed by atoms with van der Waals surface area (Å²) in [7, 11) is 3.00. The zero-order valence-corrected chi connectivity index (χ0v) is 31.7. The summed E-state index contributed by atoms with van der Waals surface area (Å²) >= 11 is 0. The van der Waals surface area contributed by atoms with Gasteiger partial charge in [-0.15, -0.1) is 0 Å². The third-order valence-electron chi connectivity index (χ3n) is 10.2. The first-order valence-electron chi connectivity index (χ1n) is 18.1. The SMILES string of the molecule is COc1ccccc1NC(=O)c1ccc2c(c1)C(=O)N(c1ccc(-c3ccc(N4C(=O)c5ccc(C(=O)Nc6ccccc6OC)cc5C4=O)c(C)c3)cc1C)C2=O. The van der Waals surface area contributed by atoms with E-state index in [1.165, 1.54) is 50.6 Å². The number of hydrogen-bond donors (Lipinski definition) is 2. The van der Waals surface area contributed by atoms with Gasteiger partial charge in [-0.3, -0.25) is 28.8 Å². The minimum absolute atomic E-state index is 0.118. The number of para-hydroxylation sites is 4. The molecule has 2 aliphatic rings. The minimum Gasteiger partial charge on any atom is -0.495 e. The summed E-state index contributed by atoms with van der Waals surface area (Å²) in [5.74, 6) is -2.07. The average molecular weight is 771 g/mol. The van der Waals surface area contributed by atoms with Crippen molar-refractivity contribution < 1.29 is 38.2 Å². The molecule has 0 fully saturated rings. The molecule has 6 aromatic carbocycles. The van der Waals surface area contributed by atoms with Crippen LogP contribution in [0.2, 0.25) is 0 Å². The second-order valence-electron chi connectivity index (χ2n) is 13.7. The van der Waals surface area contributed by atoms with Gasteiger partial charge in [-0.1, -0.05) is 36.4 Å². The molecule has 6 amide bonds. The number of amides is 6. The minimum atomic E-state index is -0.548. The van der Waals surface area contributed by atoms with Crippen LogP contribution < -0.4 is 29.9 Å². The summed E-state index contributed by atoms with van der Waals surface area (Å²) in [6, 6.07) is 33.3. The number of benzene rings is 6. The molecule has 2 heterocycles. The molecular formula is C46H34N4O8. The maximum Gasteiger partial charge on any atom is 0.266 e. The van der Waals surface area contributed by atoms with Crippen molar-refractivity contribution in [2.75, 3.05) is 34.7 Å². The molecule has 0 saturated carbocycles. The predicted molar refractivity (Wildman–Crippen MR) is 218 cm³/mol. The average Bonchev–Trinajstić information content (AvgIpc) is 3.63. The highest BCUT2D eigenvalue weighted by Gasteiger charge is 2.39. The van der Waals surface area contributed by atoms with Crippen LogP contribution in [0.3, 0.4) is 0 Å². The Labute approximate surface area is 332 Å². The van der Waals surface area contributed by atoms with E-state index in [9.17, 15) is 28.8 Å². The van der Waals surface area contributed by atoms with E-state index in [0.717, 1.165) is 20.9 Å². The lowest BCUT2D eigenvalue weighted by Gasteiger charge is -2.19. The van der Waals surface area contributed by atoms with Crippen molar-refractivity contribution in [2.45, 2.75) is 13.8 Å². The summed E-state index contributed by atoms with van der Waals surface area (Å²) in [5.41, 5.74) is 5.58. The Bertz CT molecular complexity index is 2590. The van der Waals surface area contributed by atoms with Gasteiger partial charge >= 0.3 is 0 Å². The molecule has 0 aromatic heterocycles. The van der Waals surface area contributed by atoms with Crippen LogP contribution in [0, 0.1) is 13.8 Å². The maximum absolute atomic E-state index is 13.7. The number of methoxy groups -OCH3 is 2. The standard InChI is InChI=1S/C46H34N4O8/c1-25-21-27(15-19-37(25)49-43(53)31-17-13-29(23-33(31)45(49)55)41(51)47-35-9-5-7-11-39(35)57-3)28-16-20-38(26(2)22-28)50-44(54)32-18-14-30(24-34(32)46(50)56)42(52)48-36-10-6-8-12-40(36)58-4/h5-24H,1-4H3,(H,47,51)(H,48,52). The van der Waals surface area contributed by atoms with Crippen LogP contribution in [0.4, 0.5) is 22.7 Å². The van der Waals surface area contributed by atoms with Crippen LogP contribution >= 0.6 is 0 Å². The Morgan fingerprint density at radius 3 is 1.22 bits per heavy atom. The van der Waals surface area contributed by atoms with Crippen molar-refractivity contribution >= 4 is 58.2 Å². The highest BCUT2D eigenvalue weighted by atomic mass is 16.5. The number of hydrogen-bond acceptors (Lipinski definition) is 8. The van der Waals surface area contributed by atoms with Gasteiger partial charge in [0.15, 0.2) is 0 Å². The molecule has 8 rings (SSSR count). The van der Waals surface area contributed by atoms with Crippen molar-refractivity contribution in [3.63, 3.8) is 0 Å². The number of fused-ring (bicyclic) bond motifs is 2. The number of ether oxygens (including phenoxy) is 2. The van der Waals surface area contributed by atoms with E-state index in [1.54, 1.807) is 86.6 Å². The van der Waals surface area contributed by atoms with E-state index in [-0.39, 0.29) is 33.4 Å². The Morgan fingerprint density at radius 1 is 0.466 bits per heavy atom. The molecule has 2 aliphatic heterocycles. The summed E-state index contributed by atoms with van der Waals surface area (Å²) < 4.78 is 10.6. The second-order valence-corrected chi connectivity index (χ2v) is 13.7. The largest absolute Gasteiger partial charge is 0.495 e. The number of carbonyl (C=O) groups is 6. The van der Waals surface area contributed by atoms with E-state index in [4.69, 9.17) is 9.47 Å². The van der Waals surface area contributed by atoms with Crippen LogP contribution in [0.1, 0.15) is 73.3 Å². The number of nitrogens with one attached hydrogen (secondary N) is 2. The highest BCUT2D eigenvalue weighted by molar-refractivity contribution is 6.36. The summed E-state index contributed by atoms with van der Waals surface area (Å²) in [5, 5.41) is 5.58. The van der Waals surface area contributed by atoms with E-state index in [1.807, 2.05) is 12.1 Å². The third kappa shape index (κ3) is 6.32. The van der Waals surface area contributed by atoms with Gasteiger partial charge in [-0.05, 0) is 121 Å². The summed E-state index contributed by atoms with van der Waals surface area (Å²) in [6.45, 7) is 3.58. The number of imide groups is 2. The Balaban J connectivity index is 0.995. The van der Waals surface area contributed by atoms with E-state index < -0.39 is 35.4 Å². The van der Waals surface area contributed by atoms with E-state index in [2.05, 4.69) is 10.6 Å². The lowest BCUT2D eigenvalue weighted by Crippen LogP contribution is -2.30. The molecule has 0 unspecified atom stereocenters. The Hall–Kier alpha value is -7.86. The number of nitrogens with zero attached hydrogens (tertiary/aromatic N) is 2. The van der Waals surface area contributed by atoms with Crippen molar-refractivity contribution in [3.05, 3.63) is 166 Å². The number of aryl methyl sites for hydroxylation is 2. The van der Waals surface area contributed by atoms with Gasteiger partial charge in [0.05, 0.1) is 59.2 Å². The predicted octanol–water partition coefficient (Wildman–Crippen LogP) is 8.09. The fourth-order valence-corrected chi connectivity index (χ4v) is 7.26. The van der Waals surface area contributed by atoms with Gasteiger partial charge in [-0.25, -0.2) is 9.80 Å². The monoisotopic (exact) mass is 770 g/mol. The van der Waals surface area contributed by atoms with Crippen LogP contribution in [-0.2, 0) is 0 Å². The van der Waals surface area contributed by atoms with Crippen LogP contribution in [-0.4, -0.2) is 49.7 Å². The first-order chi connectivity index (χ1) is 28.0. The zero-order valence-electron chi connectivity index (χ0n) is 31.7. The first kappa shape index (κ1) is 37.1. The molecule has 6 aromatic rings. The Kier molecular flexibility index (Phi) is 9.37. The van der Waals surface area contributed by atoms with Crippen LogP contribution in [0.5, 0.6) is 11.5 Å². The summed E-state index contributed by atoms with van der Waals surface area (Å²) in [4.78, 5) is 83.0. The fourth-order valence-electron chi connectivity index (χ4n) is 7.26. The first-order valence-corrected chi connectivity index (χ1v) is 18.1. The van der Waals surface area contributed by atoms with Crippen LogP contribution in [0.25, 0.3) is 11.1 Å². The lowest BCUT2D eigenvalue weighted by molar-refractivity contribution is 0.0910. The molecule has 2 N–H and O–H groups in total. The molecule has 0 radical (unpaired) electrons. The van der Waals surface area contributed by atoms with E-state index in [0.29, 0.717) is 45.4 Å². The van der Waals surface area contributed by atoms with Crippen molar-refractivity contribution in [1.29, 1.82) is 0 Å². The molecule has 12 heteroatoms. The normalized spacial score (nSPS) is 13.0. The maximum atomic E-state index is 13.7. The highest BCUT2D eigenvalue weighted by Crippen LogP contribution is 2.37.